The monoisotopic (exact) mass is 277 g/mol. The van der Waals surface area contributed by atoms with Gasteiger partial charge in [-0.25, -0.2) is 4.39 Å². The molecule has 0 aliphatic heterocycles. The predicted molar refractivity (Wildman–Crippen MR) is 79.4 cm³/mol. The van der Waals surface area contributed by atoms with Crippen LogP contribution in [-0.4, -0.2) is 0 Å². The lowest BCUT2D eigenvalue weighted by Gasteiger charge is -2.14. The number of hydrogen-bond acceptors (Lipinski definition) is 1. The normalized spacial score (nSPS) is 10.6. The third kappa shape index (κ3) is 3.27. The zero-order valence-electron chi connectivity index (χ0n) is 11.3. The summed E-state index contributed by atoms with van der Waals surface area (Å²) >= 11 is 5.67. The molecule has 1 N–H and O–H groups in total. The Morgan fingerprint density at radius 1 is 1.05 bits per heavy atom. The summed E-state index contributed by atoms with van der Waals surface area (Å²) in [5.74, 6) is -0.377. The highest BCUT2D eigenvalue weighted by atomic mass is 35.5. The summed E-state index contributed by atoms with van der Waals surface area (Å²) in [7, 11) is 0. The van der Waals surface area contributed by atoms with Gasteiger partial charge in [-0.1, -0.05) is 35.4 Å². The molecule has 2 aromatic rings. The zero-order chi connectivity index (χ0) is 14.0. The summed E-state index contributed by atoms with van der Waals surface area (Å²) in [5.41, 5.74) is 5.64. The molecule has 0 saturated carbocycles. The van der Waals surface area contributed by atoms with Crippen molar-refractivity contribution < 1.29 is 4.39 Å². The second-order valence-electron chi connectivity index (χ2n) is 4.88. The first-order chi connectivity index (χ1) is 8.97. The third-order valence-corrected chi connectivity index (χ3v) is 3.44. The molecule has 0 spiro atoms. The van der Waals surface area contributed by atoms with Gasteiger partial charge >= 0.3 is 0 Å². The molecule has 0 heterocycles. The molecular formula is C16H17ClFN. The Kier molecular flexibility index (Phi) is 4.11. The van der Waals surface area contributed by atoms with Crippen LogP contribution in [0.1, 0.15) is 22.3 Å². The van der Waals surface area contributed by atoms with Crippen LogP contribution in [0.15, 0.2) is 30.3 Å². The maximum absolute atomic E-state index is 13.4. The van der Waals surface area contributed by atoms with Gasteiger partial charge in [-0.2, -0.15) is 0 Å². The van der Waals surface area contributed by atoms with Gasteiger partial charge in [-0.15, -0.1) is 0 Å². The molecule has 0 unspecified atom stereocenters. The second kappa shape index (κ2) is 5.62. The van der Waals surface area contributed by atoms with E-state index >= 15 is 0 Å². The van der Waals surface area contributed by atoms with Crippen molar-refractivity contribution in [1.29, 1.82) is 0 Å². The molecule has 0 aliphatic rings. The molecule has 0 fully saturated rings. The average Bonchev–Trinajstić information content (AvgIpc) is 2.32. The molecule has 2 rings (SSSR count). The first-order valence-corrected chi connectivity index (χ1v) is 6.61. The number of rotatable bonds is 3. The van der Waals surface area contributed by atoms with Crippen LogP contribution in [0.25, 0.3) is 0 Å². The fourth-order valence-electron chi connectivity index (χ4n) is 2.30. The number of nitrogens with one attached hydrogen (secondary N) is 1. The van der Waals surface area contributed by atoms with E-state index in [0.717, 1.165) is 11.3 Å². The summed E-state index contributed by atoms with van der Waals surface area (Å²) in [5, 5.41) is 3.52. The molecule has 100 valence electrons. The molecular weight excluding hydrogens is 261 g/mol. The van der Waals surface area contributed by atoms with E-state index in [2.05, 4.69) is 38.2 Å². The molecule has 0 amide bonds. The number of anilines is 1. The number of aryl methyl sites for hydroxylation is 3. The number of hydrogen-bond donors (Lipinski definition) is 1. The fourth-order valence-corrected chi connectivity index (χ4v) is 2.42. The molecule has 0 aliphatic carbocycles. The van der Waals surface area contributed by atoms with Gasteiger partial charge in [0, 0.05) is 12.2 Å². The summed E-state index contributed by atoms with van der Waals surface area (Å²) in [6.07, 6.45) is 0. The van der Waals surface area contributed by atoms with Crippen LogP contribution >= 0.6 is 11.6 Å². The molecule has 19 heavy (non-hydrogen) atoms. The van der Waals surface area contributed by atoms with Crippen LogP contribution in [0.3, 0.4) is 0 Å². The van der Waals surface area contributed by atoms with E-state index in [-0.39, 0.29) is 10.8 Å². The number of halogens is 2. The van der Waals surface area contributed by atoms with Crippen molar-refractivity contribution >= 4 is 17.3 Å². The van der Waals surface area contributed by atoms with Gasteiger partial charge in [-0.3, -0.25) is 0 Å². The first-order valence-electron chi connectivity index (χ1n) is 6.23. The van der Waals surface area contributed by atoms with Crippen LogP contribution in [0.2, 0.25) is 5.02 Å². The smallest absolute Gasteiger partial charge is 0.142 e. The topological polar surface area (TPSA) is 12.0 Å². The van der Waals surface area contributed by atoms with Crippen molar-refractivity contribution in [2.45, 2.75) is 27.3 Å². The minimum absolute atomic E-state index is 0.159. The van der Waals surface area contributed by atoms with Crippen molar-refractivity contribution in [3.63, 3.8) is 0 Å². The lowest BCUT2D eigenvalue weighted by atomic mass is 10.0. The SMILES string of the molecule is Cc1cc(C)c(NCc2ccc(Cl)c(F)c2)c(C)c1. The highest BCUT2D eigenvalue weighted by Gasteiger charge is 2.05. The lowest BCUT2D eigenvalue weighted by Crippen LogP contribution is -2.03. The average molecular weight is 278 g/mol. The molecule has 2 aromatic carbocycles. The van der Waals surface area contributed by atoms with Gasteiger partial charge in [0.15, 0.2) is 0 Å². The number of benzene rings is 2. The second-order valence-corrected chi connectivity index (χ2v) is 5.28. The maximum Gasteiger partial charge on any atom is 0.142 e. The van der Waals surface area contributed by atoms with Gasteiger partial charge in [0.1, 0.15) is 5.82 Å². The van der Waals surface area contributed by atoms with E-state index in [9.17, 15) is 4.39 Å². The van der Waals surface area contributed by atoms with Crippen LogP contribution in [0.4, 0.5) is 10.1 Å². The molecule has 0 radical (unpaired) electrons. The molecule has 0 bridgehead atoms. The van der Waals surface area contributed by atoms with Crippen LogP contribution in [0.5, 0.6) is 0 Å². The predicted octanol–water partition coefficient (Wildman–Crippen LogP) is 5.02. The quantitative estimate of drug-likeness (QED) is 0.831. The highest BCUT2D eigenvalue weighted by Crippen LogP contribution is 2.23. The first kappa shape index (κ1) is 13.9. The Bertz CT molecular complexity index is 585. The van der Waals surface area contributed by atoms with E-state index in [1.54, 1.807) is 6.07 Å². The van der Waals surface area contributed by atoms with E-state index < -0.39 is 0 Å². The van der Waals surface area contributed by atoms with Gasteiger partial charge in [0.25, 0.3) is 0 Å². The maximum atomic E-state index is 13.4. The van der Waals surface area contributed by atoms with Crippen molar-refractivity contribution in [2.75, 3.05) is 5.32 Å². The Morgan fingerprint density at radius 3 is 2.26 bits per heavy atom. The molecule has 1 nitrogen and oxygen atoms in total. The van der Waals surface area contributed by atoms with Crippen molar-refractivity contribution in [2.24, 2.45) is 0 Å². The standard InChI is InChI=1S/C16H17ClFN/c1-10-6-11(2)16(12(3)7-10)19-9-13-4-5-14(17)15(18)8-13/h4-8,19H,9H2,1-3H3. The molecule has 0 aromatic heterocycles. The zero-order valence-corrected chi connectivity index (χ0v) is 12.1. The van der Waals surface area contributed by atoms with Crippen LogP contribution in [-0.2, 0) is 6.54 Å². The highest BCUT2D eigenvalue weighted by molar-refractivity contribution is 6.30. The summed E-state index contributed by atoms with van der Waals surface area (Å²) in [6.45, 7) is 6.81. The summed E-state index contributed by atoms with van der Waals surface area (Å²) in [6, 6.07) is 9.16. The Hall–Kier alpha value is -1.54. The van der Waals surface area contributed by atoms with Crippen LogP contribution < -0.4 is 5.32 Å². The molecule has 3 heteroatoms. The molecule has 0 saturated heterocycles. The minimum atomic E-state index is -0.377. The van der Waals surface area contributed by atoms with Gasteiger partial charge in [-0.05, 0) is 49.6 Å². The molecule has 0 atom stereocenters. The van der Waals surface area contributed by atoms with E-state index in [1.165, 1.54) is 22.8 Å². The fraction of sp³-hybridized carbons (Fsp3) is 0.250. The van der Waals surface area contributed by atoms with Gasteiger partial charge in [0.05, 0.1) is 5.02 Å². The summed E-state index contributed by atoms with van der Waals surface area (Å²) in [4.78, 5) is 0. The summed E-state index contributed by atoms with van der Waals surface area (Å²) < 4.78 is 13.4. The van der Waals surface area contributed by atoms with Crippen LogP contribution in [0, 0.1) is 26.6 Å². The lowest BCUT2D eigenvalue weighted by molar-refractivity contribution is 0.626. The van der Waals surface area contributed by atoms with E-state index in [0.29, 0.717) is 6.54 Å². The minimum Gasteiger partial charge on any atom is -0.381 e. The van der Waals surface area contributed by atoms with Gasteiger partial charge < -0.3 is 5.32 Å². The van der Waals surface area contributed by atoms with Crippen molar-refractivity contribution in [3.05, 3.63) is 63.4 Å². The van der Waals surface area contributed by atoms with Crippen molar-refractivity contribution in [3.8, 4) is 0 Å². The van der Waals surface area contributed by atoms with E-state index in [4.69, 9.17) is 11.6 Å². The Morgan fingerprint density at radius 2 is 1.68 bits per heavy atom. The van der Waals surface area contributed by atoms with Gasteiger partial charge in [0.2, 0.25) is 0 Å². The Balaban J connectivity index is 2.16. The Labute approximate surface area is 118 Å². The third-order valence-electron chi connectivity index (χ3n) is 3.13. The largest absolute Gasteiger partial charge is 0.381 e. The van der Waals surface area contributed by atoms with Crippen molar-refractivity contribution in [1.82, 2.24) is 0 Å². The van der Waals surface area contributed by atoms with E-state index in [1.807, 2.05) is 6.07 Å².